The maximum atomic E-state index is 14.2. The Hall–Kier alpha value is -2.17. The van der Waals surface area contributed by atoms with E-state index >= 15 is 0 Å². The molecule has 7 heteroatoms. The molecule has 134 valence electrons. The smallest absolute Gasteiger partial charge is 0.126 e. The van der Waals surface area contributed by atoms with Crippen LogP contribution in [0.15, 0.2) is 47.4 Å². The molecular weight excluding hydrogens is 357 g/mol. The predicted molar refractivity (Wildman–Crippen MR) is 99.7 cm³/mol. The van der Waals surface area contributed by atoms with Crippen LogP contribution in [0.4, 0.5) is 8.78 Å². The molecule has 1 fully saturated rings. The van der Waals surface area contributed by atoms with E-state index in [4.69, 9.17) is 4.74 Å². The number of nitroso groups, excluding NO2 is 1. The number of fused-ring (bicyclic) bond motifs is 1. The van der Waals surface area contributed by atoms with Crippen molar-refractivity contribution in [3.63, 3.8) is 0 Å². The van der Waals surface area contributed by atoms with Crippen molar-refractivity contribution < 1.29 is 13.5 Å². The topological polar surface area (TPSA) is 43.6 Å². The molecule has 0 spiro atoms. The molecule has 1 unspecified atom stereocenters. The van der Waals surface area contributed by atoms with Crippen LogP contribution in [0.2, 0.25) is 0 Å². The van der Waals surface area contributed by atoms with Gasteiger partial charge >= 0.3 is 0 Å². The van der Waals surface area contributed by atoms with Crippen LogP contribution < -0.4 is 5.30 Å². The fourth-order valence-electron chi connectivity index (χ4n) is 3.61. The first kappa shape index (κ1) is 17.3. The Morgan fingerprint density at radius 3 is 2.46 bits per heavy atom. The molecule has 4 rings (SSSR count). The number of ether oxygens (including phenoxy) is 1. The SMILES string of the molecule is O=NPc1cc(F)cc2c1cc(C1CCOCC1)n2-c1ccc(F)cc1. The summed E-state index contributed by atoms with van der Waals surface area (Å²) in [6.45, 7) is 1.35. The lowest BCUT2D eigenvalue weighted by Crippen LogP contribution is -2.16. The molecule has 0 bridgehead atoms. The molecule has 0 aliphatic carbocycles. The highest BCUT2D eigenvalue weighted by atomic mass is 31.1. The van der Waals surface area contributed by atoms with E-state index in [9.17, 15) is 13.7 Å². The zero-order valence-corrected chi connectivity index (χ0v) is 14.9. The third-order valence-corrected chi connectivity index (χ3v) is 5.55. The van der Waals surface area contributed by atoms with Crippen molar-refractivity contribution >= 4 is 24.9 Å². The van der Waals surface area contributed by atoms with Crippen LogP contribution in [0.3, 0.4) is 0 Å². The summed E-state index contributed by atoms with van der Waals surface area (Å²) in [4.78, 5) is 13.8. The van der Waals surface area contributed by atoms with E-state index in [0.29, 0.717) is 24.0 Å². The quantitative estimate of drug-likeness (QED) is 0.487. The van der Waals surface area contributed by atoms with E-state index in [1.165, 1.54) is 24.3 Å². The van der Waals surface area contributed by atoms with Crippen molar-refractivity contribution in [2.24, 2.45) is 4.95 Å². The standard InChI is InChI=1S/C19H17F2N2O2P/c20-13-1-3-15(4-2-13)23-17(12-5-7-25-8-6-12)11-16-18(23)9-14(21)10-19(16)26-22-24/h1-4,9-12,26H,5-8H2. The monoisotopic (exact) mass is 374 g/mol. The fraction of sp³-hybridized carbons (Fsp3) is 0.263. The lowest BCUT2D eigenvalue weighted by Gasteiger charge is -2.24. The minimum absolute atomic E-state index is 0.254. The van der Waals surface area contributed by atoms with Crippen LogP contribution in [-0.2, 0) is 4.74 Å². The molecule has 0 amide bonds. The first-order valence-corrected chi connectivity index (χ1v) is 9.39. The van der Waals surface area contributed by atoms with E-state index in [-0.39, 0.29) is 20.5 Å². The lowest BCUT2D eigenvalue weighted by molar-refractivity contribution is 0.0842. The van der Waals surface area contributed by atoms with Gasteiger partial charge in [-0.15, -0.1) is 4.91 Å². The van der Waals surface area contributed by atoms with Gasteiger partial charge in [0, 0.05) is 41.2 Å². The Balaban J connectivity index is 1.98. The number of hydrogen-bond donors (Lipinski definition) is 0. The highest BCUT2D eigenvalue weighted by Crippen LogP contribution is 2.35. The molecule has 2 aromatic carbocycles. The number of benzene rings is 2. The first-order valence-electron chi connectivity index (χ1n) is 8.44. The molecule has 4 nitrogen and oxygen atoms in total. The fourth-order valence-corrected chi connectivity index (χ4v) is 4.23. The normalized spacial score (nSPS) is 15.9. The average molecular weight is 374 g/mol. The summed E-state index contributed by atoms with van der Waals surface area (Å²) < 4.78 is 35.0. The van der Waals surface area contributed by atoms with Gasteiger partial charge in [0.05, 0.1) is 14.2 Å². The third-order valence-electron chi connectivity index (χ3n) is 4.80. The summed E-state index contributed by atoms with van der Waals surface area (Å²) >= 11 is 0. The summed E-state index contributed by atoms with van der Waals surface area (Å²) in [5.74, 6) is -0.482. The van der Waals surface area contributed by atoms with Gasteiger partial charge in [0.2, 0.25) is 0 Å². The van der Waals surface area contributed by atoms with Gasteiger partial charge in [0.15, 0.2) is 0 Å². The van der Waals surface area contributed by atoms with Crippen molar-refractivity contribution in [3.8, 4) is 5.69 Å². The maximum Gasteiger partial charge on any atom is 0.126 e. The Morgan fingerprint density at radius 1 is 1.04 bits per heavy atom. The first-order chi connectivity index (χ1) is 12.7. The van der Waals surface area contributed by atoms with Crippen molar-refractivity contribution in [2.45, 2.75) is 18.8 Å². The van der Waals surface area contributed by atoms with Crippen LogP contribution in [0.25, 0.3) is 16.6 Å². The van der Waals surface area contributed by atoms with E-state index < -0.39 is 5.82 Å². The molecule has 3 aromatic rings. The largest absolute Gasteiger partial charge is 0.381 e. The number of nitrogens with zero attached hydrogens (tertiary/aromatic N) is 2. The van der Waals surface area contributed by atoms with Gasteiger partial charge in [-0.1, -0.05) is 0 Å². The van der Waals surface area contributed by atoms with E-state index in [2.05, 4.69) is 4.95 Å². The van der Waals surface area contributed by atoms with Gasteiger partial charge in [0.1, 0.15) is 11.6 Å². The zero-order valence-electron chi connectivity index (χ0n) is 13.9. The second kappa shape index (κ2) is 7.22. The Bertz CT molecular complexity index is 950. The van der Waals surface area contributed by atoms with Crippen LogP contribution >= 0.6 is 8.73 Å². The second-order valence-electron chi connectivity index (χ2n) is 6.36. The number of rotatable bonds is 4. The minimum Gasteiger partial charge on any atom is -0.381 e. The molecule has 0 saturated carbocycles. The minimum atomic E-state index is -0.413. The Morgan fingerprint density at radius 2 is 1.77 bits per heavy atom. The maximum absolute atomic E-state index is 14.2. The number of hydrogen-bond acceptors (Lipinski definition) is 3. The number of aromatic nitrogens is 1. The van der Waals surface area contributed by atoms with Crippen molar-refractivity contribution in [1.82, 2.24) is 4.57 Å². The molecule has 1 saturated heterocycles. The molecule has 0 N–H and O–H groups in total. The van der Waals surface area contributed by atoms with Crippen LogP contribution in [0, 0.1) is 16.5 Å². The van der Waals surface area contributed by atoms with E-state index in [1.807, 2.05) is 10.6 Å². The molecule has 0 radical (unpaired) electrons. The summed E-state index contributed by atoms with van der Waals surface area (Å²) in [6, 6.07) is 11.0. The van der Waals surface area contributed by atoms with Crippen molar-refractivity contribution in [1.29, 1.82) is 0 Å². The summed E-state index contributed by atoms with van der Waals surface area (Å²) in [7, 11) is -0.357. The van der Waals surface area contributed by atoms with E-state index in [1.54, 1.807) is 12.1 Å². The van der Waals surface area contributed by atoms with Gasteiger partial charge in [0.25, 0.3) is 0 Å². The van der Waals surface area contributed by atoms with Gasteiger partial charge in [-0.25, -0.2) is 8.78 Å². The van der Waals surface area contributed by atoms with E-state index in [0.717, 1.165) is 29.6 Å². The van der Waals surface area contributed by atoms with Crippen LogP contribution in [0.1, 0.15) is 24.5 Å². The van der Waals surface area contributed by atoms with Crippen LogP contribution in [-0.4, -0.2) is 17.8 Å². The molecule has 2 heterocycles. The Labute approximate surface area is 151 Å². The summed E-state index contributed by atoms with van der Waals surface area (Å²) in [5.41, 5.74) is 2.46. The Kier molecular flexibility index (Phi) is 4.79. The molecule has 26 heavy (non-hydrogen) atoms. The van der Waals surface area contributed by atoms with Gasteiger partial charge < -0.3 is 9.30 Å². The molecular formula is C19H17F2N2O2P. The number of halogens is 2. The molecule has 1 aromatic heterocycles. The van der Waals surface area contributed by atoms with Crippen LogP contribution in [0.5, 0.6) is 0 Å². The van der Waals surface area contributed by atoms with Gasteiger partial charge in [-0.2, -0.15) is 0 Å². The molecule has 1 aliphatic heterocycles. The lowest BCUT2D eigenvalue weighted by atomic mass is 9.96. The van der Waals surface area contributed by atoms with Gasteiger partial charge in [-0.05, 0) is 60.3 Å². The van der Waals surface area contributed by atoms with Gasteiger partial charge in [-0.3, -0.25) is 0 Å². The predicted octanol–water partition coefficient (Wildman–Crippen LogP) is 4.79. The highest BCUT2D eigenvalue weighted by Gasteiger charge is 2.23. The van der Waals surface area contributed by atoms with Crippen molar-refractivity contribution in [3.05, 3.63) is 64.7 Å². The highest BCUT2D eigenvalue weighted by molar-refractivity contribution is 7.46. The molecule has 1 atom stereocenters. The second-order valence-corrected chi connectivity index (χ2v) is 7.30. The molecule has 1 aliphatic rings. The van der Waals surface area contributed by atoms with Crippen molar-refractivity contribution in [2.75, 3.05) is 13.2 Å². The average Bonchev–Trinajstić information content (AvgIpc) is 3.03. The third kappa shape index (κ3) is 3.15. The summed E-state index contributed by atoms with van der Waals surface area (Å²) in [5, 5.41) is 1.40. The summed E-state index contributed by atoms with van der Waals surface area (Å²) in [6.07, 6.45) is 1.73. The zero-order chi connectivity index (χ0) is 18.1.